The number of benzene rings is 2. The summed E-state index contributed by atoms with van der Waals surface area (Å²) < 4.78 is 7.35. The summed E-state index contributed by atoms with van der Waals surface area (Å²) in [5.41, 5.74) is 5.12. The second-order valence-electron chi connectivity index (χ2n) is 8.00. The number of hydrogen-bond acceptors (Lipinski definition) is 5. The molecule has 5 rings (SSSR count). The third kappa shape index (κ3) is 3.15. The Balaban J connectivity index is 1.51. The second-order valence-corrected chi connectivity index (χ2v) is 8.00. The van der Waals surface area contributed by atoms with E-state index in [1.807, 2.05) is 43.4 Å². The fourth-order valence-corrected chi connectivity index (χ4v) is 4.55. The molecule has 8 nitrogen and oxygen atoms in total. The van der Waals surface area contributed by atoms with E-state index >= 15 is 0 Å². The lowest BCUT2D eigenvalue weighted by molar-refractivity contribution is -0.136. The number of rotatable bonds is 4. The van der Waals surface area contributed by atoms with Gasteiger partial charge >= 0.3 is 0 Å². The number of carbonyl (C=O) groups is 3. The zero-order chi connectivity index (χ0) is 22.4. The van der Waals surface area contributed by atoms with E-state index in [9.17, 15) is 14.4 Å². The molecule has 0 radical (unpaired) electrons. The first kappa shape index (κ1) is 20.0. The number of amides is 3. The van der Waals surface area contributed by atoms with Crippen LogP contribution in [0.1, 0.15) is 28.8 Å². The van der Waals surface area contributed by atoms with Crippen molar-refractivity contribution in [2.75, 3.05) is 7.11 Å². The van der Waals surface area contributed by atoms with Crippen LogP contribution in [-0.2, 0) is 23.2 Å². The summed E-state index contributed by atoms with van der Waals surface area (Å²) in [4.78, 5) is 38.3. The third-order valence-electron chi connectivity index (χ3n) is 6.14. The smallest absolute Gasteiger partial charge is 0.255 e. The van der Waals surface area contributed by atoms with Gasteiger partial charge in [-0.25, -0.2) is 0 Å². The van der Waals surface area contributed by atoms with Gasteiger partial charge in [0.1, 0.15) is 11.8 Å². The average molecular weight is 430 g/mol. The van der Waals surface area contributed by atoms with Gasteiger partial charge in [-0.05, 0) is 41.8 Å². The van der Waals surface area contributed by atoms with E-state index in [0.717, 1.165) is 33.7 Å². The van der Waals surface area contributed by atoms with Crippen molar-refractivity contribution in [2.45, 2.75) is 25.4 Å². The monoisotopic (exact) mass is 430 g/mol. The van der Waals surface area contributed by atoms with E-state index in [1.54, 1.807) is 29.0 Å². The Morgan fingerprint density at radius 1 is 1.06 bits per heavy atom. The molecule has 1 N–H and O–H groups in total. The molecular weight excluding hydrogens is 408 g/mol. The highest BCUT2D eigenvalue weighted by Crippen LogP contribution is 2.38. The number of fused-ring (bicyclic) bond motifs is 1. The number of ether oxygens (including phenoxy) is 1. The van der Waals surface area contributed by atoms with Crippen LogP contribution in [0.25, 0.3) is 22.4 Å². The van der Waals surface area contributed by atoms with Crippen LogP contribution in [0.3, 0.4) is 0 Å². The van der Waals surface area contributed by atoms with Crippen molar-refractivity contribution in [3.8, 4) is 28.1 Å². The van der Waals surface area contributed by atoms with Gasteiger partial charge in [0.2, 0.25) is 11.8 Å². The van der Waals surface area contributed by atoms with Gasteiger partial charge < -0.3 is 9.64 Å². The molecule has 8 heteroatoms. The minimum absolute atomic E-state index is 0.183. The summed E-state index contributed by atoms with van der Waals surface area (Å²) in [6, 6.07) is 12.8. The van der Waals surface area contributed by atoms with Crippen LogP contribution in [-0.4, -0.2) is 45.6 Å². The highest BCUT2D eigenvalue weighted by molar-refractivity contribution is 6.05. The minimum Gasteiger partial charge on any atom is -0.496 e. The van der Waals surface area contributed by atoms with Gasteiger partial charge in [0, 0.05) is 36.7 Å². The van der Waals surface area contributed by atoms with Gasteiger partial charge in [0.05, 0.1) is 19.0 Å². The number of carbonyl (C=O) groups excluding carboxylic acids is 3. The fourth-order valence-electron chi connectivity index (χ4n) is 4.55. The zero-order valence-corrected chi connectivity index (χ0v) is 17.8. The fraction of sp³-hybridized carbons (Fsp3) is 0.250. The van der Waals surface area contributed by atoms with E-state index in [2.05, 4.69) is 10.4 Å². The second kappa shape index (κ2) is 7.64. The first-order chi connectivity index (χ1) is 15.5. The summed E-state index contributed by atoms with van der Waals surface area (Å²) in [6.45, 7) is 0.332. The molecule has 3 aromatic rings. The van der Waals surface area contributed by atoms with Crippen molar-refractivity contribution in [1.82, 2.24) is 20.0 Å². The molecular formula is C24H22N4O4. The lowest BCUT2D eigenvalue weighted by Crippen LogP contribution is -2.52. The first-order valence-corrected chi connectivity index (χ1v) is 10.4. The quantitative estimate of drug-likeness (QED) is 0.642. The van der Waals surface area contributed by atoms with Gasteiger partial charge in [-0.15, -0.1) is 0 Å². The molecule has 2 aromatic carbocycles. The Labute approximate surface area is 184 Å². The zero-order valence-electron chi connectivity index (χ0n) is 17.8. The largest absolute Gasteiger partial charge is 0.496 e. The summed E-state index contributed by atoms with van der Waals surface area (Å²) in [7, 11) is 3.52. The van der Waals surface area contributed by atoms with Crippen molar-refractivity contribution in [3.63, 3.8) is 0 Å². The molecule has 1 unspecified atom stereocenters. The number of para-hydroxylation sites is 1. The Kier molecular flexibility index (Phi) is 4.77. The van der Waals surface area contributed by atoms with Gasteiger partial charge in [0.25, 0.3) is 5.91 Å². The van der Waals surface area contributed by atoms with Crippen LogP contribution in [0.15, 0.2) is 48.7 Å². The van der Waals surface area contributed by atoms with Crippen molar-refractivity contribution >= 4 is 17.7 Å². The van der Waals surface area contributed by atoms with Crippen LogP contribution >= 0.6 is 0 Å². The number of hydrogen-bond donors (Lipinski definition) is 1. The molecule has 2 aliphatic rings. The lowest BCUT2D eigenvalue weighted by atomic mass is 9.98. The van der Waals surface area contributed by atoms with Gasteiger partial charge in [-0.2, -0.15) is 5.10 Å². The summed E-state index contributed by atoms with van der Waals surface area (Å²) >= 11 is 0. The average Bonchev–Trinajstić information content (AvgIpc) is 3.33. The normalized spacial score (nSPS) is 18.0. The van der Waals surface area contributed by atoms with Crippen molar-refractivity contribution in [2.24, 2.45) is 7.05 Å². The number of piperidine rings is 1. The molecule has 1 fully saturated rings. The number of imide groups is 1. The molecule has 2 aliphatic heterocycles. The summed E-state index contributed by atoms with van der Waals surface area (Å²) in [6.07, 6.45) is 2.38. The van der Waals surface area contributed by atoms with Crippen molar-refractivity contribution < 1.29 is 19.1 Å². The number of aromatic nitrogens is 2. The highest BCUT2D eigenvalue weighted by atomic mass is 16.5. The predicted molar refractivity (Wildman–Crippen MR) is 117 cm³/mol. The third-order valence-corrected chi connectivity index (χ3v) is 6.14. The molecule has 162 valence electrons. The van der Waals surface area contributed by atoms with Crippen molar-refractivity contribution in [3.05, 3.63) is 59.8 Å². The summed E-state index contributed by atoms with van der Waals surface area (Å²) in [5.74, 6) is -0.138. The van der Waals surface area contributed by atoms with Crippen molar-refractivity contribution in [1.29, 1.82) is 0 Å². The summed E-state index contributed by atoms with van der Waals surface area (Å²) in [5, 5.41) is 6.79. The maximum absolute atomic E-state index is 13.0. The Morgan fingerprint density at radius 2 is 1.88 bits per heavy atom. The molecule has 0 spiro atoms. The van der Waals surface area contributed by atoms with E-state index in [4.69, 9.17) is 4.74 Å². The lowest BCUT2D eigenvalue weighted by Gasteiger charge is -2.29. The first-order valence-electron chi connectivity index (χ1n) is 10.4. The number of nitrogens with zero attached hydrogens (tertiary/aromatic N) is 3. The number of nitrogens with one attached hydrogen (secondary N) is 1. The Morgan fingerprint density at radius 3 is 2.66 bits per heavy atom. The molecule has 0 bridgehead atoms. The molecule has 3 heterocycles. The number of methoxy groups -OCH3 is 1. The van der Waals surface area contributed by atoms with E-state index in [1.165, 1.54) is 0 Å². The molecule has 1 saturated heterocycles. The number of aryl methyl sites for hydroxylation is 1. The van der Waals surface area contributed by atoms with Gasteiger partial charge in [0.15, 0.2) is 0 Å². The molecule has 32 heavy (non-hydrogen) atoms. The maximum atomic E-state index is 13.0. The molecule has 0 saturated carbocycles. The topological polar surface area (TPSA) is 93.5 Å². The standard InChI is InChI=1S/C24H22N4O4/c1-27-22(17-5-3-4-6-20(17)32-2)18(12-25-27)14-7-8-16-15(11-14)13-28(24(16)31)19-9-10-21(29)26-23(19)30/h3-8,11-12,19H,9-10,13H2,1-2H3,(H,26,29,30). The van der Waals surface area contributed by atoms with E-state index in [-0.39, 0.29) is 18.2 Å². The van der Waals surface area contributed by atoms with Gasteiger partial charge in [-0.3, -0.25) is 24.4 Å². The molecule has 0 aliphatic carbocycles. The van der Waals surface area contributed by atoms with Crippen LogP contribution in [0, 0.1) is 0 Å². The van der Waals surface area contributed by atoms with Gasteiger partial charge in [-0.1, -0.05) is 18.2 Å². The van der Waals surface area contributed by atoms with Crippen LogP contribution in [0.5, 0.6) is 5.75 Å². The van der Waals surface area contributed by atoms with Crippen LogP contribution < -0.4 is 10.1 Å². The molecule has 1 atom stereocenters. The van der Waals surface area contributed by atoms with E-state index < -0.39 is 11.9 Å². The minimum atomic E-state index is -0.626. The Hall–Kier alpha value is -3.94. The Bertz CT molecular complexity index is 1260. The SMILES string of the molecule is COc1ccccc1-c1c(-c2ccc3c(c2)CN(C2CCC(=O)NC2=O)C3=O)cnn1C. The molecule has 1 aromatic heterocycles. The maximum Gasteiger partial charge on any atom is 0.255 e. The van der Waals surface area contributed by atoms with Crippen LogP contribution in [0.4, 0.5) is 0 Å². The molecule has 3 amide bonds. The predicted octanol–water partition coefficient (Wildman–Crippen LogP) is 2.52. The van der Waals surface area contributed by atoms with E-state index in [0.29, 0.717) is 18.5 Å². The highest BCUT2D eigenvalue weighted by Gasteiger charge is 2.39. The van der Waals surface area contributed by atoms with Crippen LogP contribution in [0.2, 0.25) is 0 Å².